The quantitative estimate of drug-likeness (QED) is 0.619. The SMILES string of the molecule is COc1cc(COC(=O)C(C)(C)Br)cc(OC)c1. The monoisotopic (exact) mass is 316 g/mol. The minimum atomic E-state index is -0.685. The Hall–Kier alpha value is -1.23. The van der Waals surface area contributed by atoms with Gasteiger partial charge in [0.25, 0.3) is 0 Å². The number of rotatable bonds is 5. The Morgan fingerprint density at radius 1 is 1.17 bits per heavy atom. The normalized spacial score (nSPS) is 10.9. The van der Waals surface area contributed by atoms with Gasteiger partial charge in [-0.1, -0.05) is 15.9 Å². The average molecular weight is 317 g/mol. The molecule has 0 saturated heterocycles. The number of alkyl halides is 1. The van der Waals surface area contributed by atoms with Crippen molar-refractivity contribution in [2.75, 3.05) is 14.2 Å². The predicted octanol–water partition coefficient (Wildman–Crippen LogP) is 2.92. The maximum absolute atomic E-state index is 11.6. The maximum Gasteiger partial charge on any atom is 0.322 e. The van der Waals surface area contributed by atoms with Crippen LogP contribution < -0.4 is 9.47 Å². The molecule has 0 radical (unpaired) electrons. The zero-order valence-electron chi connectivity index (χ0n) is 11.0. The molecule has 0 bridgehead atoms. The van der Waals surface area contributed by atoms with Crippen molar-refractivity contribution in [2.45, 2.75) is 24.8 Å². The molecule has 4 nitrogen and oxygen atoms in total. The van der Waals surface area contributed by atoms with Crippen molar-refractivity contribution < 1.29 is 19.0 Å². The van der Waals surface area contributed by atoms with Crippen molar-refractivity contribution in [3.8, 4) is 11.5 Å². The fraction of sp³-hybridized carbons (Fsp3) is 0.462. The molecule has 1 rings (SSSR count). The first-order valence-electron chi connectivity index (χ1n) is 5.45. The van der Waals surface area contributed by atoms with E-state index in [0.29, 0.717) is 11.5 Å². The molecule has 0 heterocycles. The molecule has 5 heteroatoms. The summed E-state index contributed by atoms with van der Waals surface area (Å²) in [5.41, 5.74) is 0.816. The van der Waals surface area contributed by atoms with Crippen LogP contribution in [0.5, 0.6) is 11.5 Å². The number of methoxy groups -OCH3 is 2. The summed E-state index contributed by atoms with van der Waals surface area (Å²) in [5.74, 6) is 1.02. The summed E-state index contributed by atoms with van der Waals surface area (Å²) >= 11 is 3.25. The summed E-state index contributed by atoms with van der Waals surface area (Å²) in [6, 6.07) is 5.37. The number of ether oxygens (including phenoxy) is 3. The topological polar surface area (TPSA) is 44.8 Å². The lowest BCUT2D eigenvalue weighted by atomic mass is 10.2. The van der Waals surface area contributed by atoms with Crippen molar-refractivity contribution >= 4 is 21.9 Å². The highest BCUT2D eigenvalue weighted by Crippen LogP contribution is 2.24. The van der Waals surface area contributed by atoms with Gasteiger partial charge in [0.15, 0.2) is 0 Å². The van der Waals surface area contributed by atoms with Gasteiger partial charge in [-0.3, -0.25) is 4.79 Å². The molecule has 0 amide bonds. The molecule has 0 unspecified atom stereocenters. The summed E-state index contributed by atoms with van der Waals surface area (Å²) in [6.45, 7) is 3.66. The Kier molecular flexibility index (Phi) is 5.02. The second kappa shape index (κ2) is 6.09. The first-order chi connectivity index (χ1) is 8.36. The van der Waals surface area contributed by atoms with Gasteiger partial charge in [0, 0.05) is 6.07 Å². The molecule has 18 heavy (non-hydrogen) atoms. The Morgan fingerprint density at radius 3 is 2.06 bits per heavy atom. The van der Waals surface area contributed by atoms with Crippen molar-refractivity contribution in [1.82, 2.24) is 0 Å². The lowest BCUT2D eigenvalue weighted by Gasteiger charge is -2.15. The van der Waals surface area contributed by atoms with E-state index in [0.717, 1.165) is 5.56 Å². The Balaban J connectivity index is 2.76. The van der Waals surface area contributed by atoms with Crippen LogP contribution in [0, 0.1) is 0 Å². The van der Waals surface area contributed by atoms with Gasteiger partial charge in [-0.2, -0.15) is 0 Å². The van der Waals surface area contributed by atoms with Crippen LogP contribution in [0.25, 0.3) is 0 Å². The van der Waals surface area contributed by atoms with Gasteiger partial charge in [-0.15, -0.1) is 0 Å². The number of esters is 1. The fourth-order valence-corrected chi connectivity index (χ4v) is 1.38. The van der Waals surface area contributed by atoms with Crippen molar-refractivity contribution in [2.24, 2.45) is 0 Å². The zero-order valence-corrected chi connectivity index (χ0v) is 12.5. The van der Waals surface area contributed by atoms with Crippen LogP contribution in [-0.4, -0.2) is 24.5 Å². The van der Waals surface area contributed by atoms with Crippen LogP contribution >= 0.6 is 15.9 Å². The molecule has 0 aliphatic rings. The van der Waals surface area contributed by atoms with Crippen LogP contribution in [0.4, 0.5) is 0 Å². The van der Waals surface area contributed by atoms with Gasteiger partial charge in [0.2, 0.25) is 0 Å². The van der Waals surface area contributed by atoms with E-state index in [1.807, 2.05) is 0 Å². The van der Waals surface area contributed by atoms with Gasteiger partial charge in [-0.05, 0) is 31.5 Å². The van der Waals surface area contributed by atoms with Gasteiger partial charge in [0.05, 0.1) is 14.2 Å². The van der Waals surface area contributed by atoms with E-state index in [-0.39, 0.29) is 12.6 Å². The third-order valence-corrected chi connectivity index (χ3v) is 2.59. The highest BCUT2D eigenvalue weighted by atomic mass is 79.9. The van der Waals surface area contributed by atoms with E-state index in [4.69, 9.17) is 14.2 Å². The molecule has 0 aliphatic carbocycles. The smallest absolute Gasteiger partial charge is 0.322 e. The number of hydrogen-bond acceptors (Lipinski definition) is 4. The van der Waals surface area contributed by atoms with Gasteiger partial charge < -0.3 is 14.2 Å². The molecular weight excluding hydrogens is 300 g/mol. The van der Waals surface area contributed by atoms with Crippen LogP contribution in [0.1, 0.15) is 19.4 Å². The molecule has 0 aromatic heterocycles. The summed E-state index contributed by atoms with van der Waals surface area (Å²) in [5, 5.41) is 0. The Labute approximate surface area is 115 Å². The van der Waals surface area contributed by atoms with Crippen molar-refractivity contribution in [3.63, 3.8) is 0 Å². The van der Waals surface area contributed by atoms with Crippen molar-refractivity contribution in [3.05, 3.63) is 23.8 Å². The van der Waals surface area contributed by atoms with Crippen molar-refractivity contribution in [1.29, 1.82) is 0 Å². The molecule has 100 valence electrons. The maximum atomic E-state index is 11.6. The van der Waals surface area contributed by atoms with E-state index in [2.05, 4.69) is 15.9 Å². The lowest BCUT2D eigenvalue weighted by molar-refractivity contribution is -0.146. The molecule has 0 aliphatic heterocycles. The number of halogens is 1. The van der Waals surface area contributed by atoms with Gasteiger partial charge >= 0.3 is 5.97 Å². The molecule has 0 N–H and O–H groups in total. The van der Waals surface area contributed by atoms with Gasteiger partial charge in [-0.25, -0.2) is 0 Å². The molecule has 1 aromatic rings. The summed E-state index contributed by atoms with van der Waals surface area (Å²) < 4.78 is 14.8. The number of hydrogen-bond donors (Lipinski definition) is 0. The third kappa shape index (κ3) is 4.22. The number of benzene rings is 1. The molecule has 1 aromatic carbocycles. The molecular formula is C13H17BrO4. The Bertz CT molecular complexity index is 401. The fourth-order valence-electron chi connectivity index (χ4n) is 1.27. The van der Waals surface area contributed by atoms with Crippen LogP contribution in [0.2, 0.25) is 0 Å². The van der Waals surface area contributed by atoms with Crippen LogP contribution in [0.3, 0.4) is 0 Å². The summed E-state index contributed by atoms with van der Waals surface area (Å²) in [6.07, 6.45) is 0. The molecule has 0 fully saturated rings. The highest BCUT2D eigenvalue weighted by molar-refractivity contribution is 9.10. The summed E-state index contributed by atoms with van der Waals surface area (Å²) in [4.78, 5) is 11.6. The predicted molar refractivity (Wildman–Crippen MR) is 72.3 cm³/mol. The largest absolute Gasteiger partial charge is 0.497 e. The van der Waals surface area contributed by atoms with E-state index >= 15 is 0 Å². The average Bonchev–Trinajstić information content (AvgIpc) is 2.34. The highest BCUT2D eigenvalue weighted by Gasteiger charge is 2.25. The minimum absolute atomic E-state index is 0.182. The van der Waals surface area contributed by atoms with Crippen LogP contribution in [0.15, 0.2) is 18.2 Å². The van der Waals surface area contributed by atoms with E-state index in [1.165, 1.54) is 0 Å². The third-order valence-electron chi connectivity index (χ3n) is 2.27. The standard InChI is InChI=1S/C13H17BrO4/c1-13(2,14)12(15)18-8-9-5-10(16-3)7-11(6-9)17-4/h5-7H,8H2,1-4H3. The molecule has 0 spiro atoms. The minimum Gasteiger partial charge on any atom is -0.497 e. The van der Waals surface area contributed by atoms with Crippen LogP contribution in [-0.2, 0) is 16.1 Å². The first kappa shape index (κ1) is 14.8. The summed E-state index contributed by atoms with van der Waals surface area (Å²) in [7, 11) is 3.15. The first-order valence-corrected chi connectivity index (χ1v) is 6.24. The second-order valence-corrected chi connectivity index (χ2v) is 6.25. The number of carbonyl (C=O) groups excluding carboxylic acids is 1. The molecule has 0 saturated carbocycles. The molecule has 0 atom stereocenters. The lowest BCUT2D eigenvalue weighted by Crippen LogP contribution is -2.26. The Morgan fingerprint density at radius 2 is 1.67 bits per heavy atom. The zero-order chi connectivity index (χ0) is 13.8. The van der Waals surface area contributed by atoms with E-state index in [1.54, 1.807) is 46.3 Å². The van der Waals surface area contributed by atoms with Gasteiger partial charge in [0.1, 0.15) is 22.4 Å². The second-order valence-electron chi connectivity index (χ2n) is 4.27. The van der Waals surface area contributed by atoms with E-state index in [9.17, 15) is 4.79 Å². The number of carbonyl (C=O) groups is 1. The van der Waals surface area contributed by atoms with E-state index < -0.39 is 4.32 Å².